The van der Waals surface area contributed by atoms with Crippen molar-refractivity contribution in [1.82, 2.24) is 5.43 Å². The van der Waals surface area contributed by atoms with Crippen LogP contribution in [0.5, 0.6) is 11.5 Å². The molecule has 0 unspecified atom stereocenters. The van der Waals surface area contributed by atoms with E-state index in [0.29, 0.717) is 22.7 Å². The normalized spacial score (nSPS) is 11.7. The van der Waals surface area contributed by atoms with Gasteiger partial charge in [-0.2, -0.15) is 5.10 Å². The molecule has 1 amide bonds. The second-order valence-corrected chi connectivity index (χ2v) is 7.62. The van der Waals surface area contributed by atoms with E-state index in [1.165, 1.54) is 13.2 Å². The van der Waals surface area contributed by atoms with Crippen LogP contribution in [0.3, 0.4) is 0 Å². The van der Waals surface area contributed by atoms with E-state index >= 15 is 0 Å². The Morgan fingerprint density at radius 2 is 1.81 bits per heavy atom. The van der Waals surface area contributed by atoms with Crippen LogP contribution in [0.4, 0.5) is 5.69 Å². The van der Waals surface area contributed by atoms with Crippen molar-refractivity contribution in [3.63, 3.8) is 0 Å². The second-order valence-electron chi connectivity index (χ2n) is 5.72. The van der Waals surface area contributed by atoms with E-state index in [4.69, 9.17) is 4.74 Å². The van der Waals surface area contributed by atoms with Gasteiger partial charge in [-0.15, -0.1) is 0 Å². The number of para-hydroxylation sites is 1. The lowest BCUT2D eigenvalue weighted by molar-refractivity contribution is -0.119. The quantitative estimate of drug-likeness (QED) is 0.552. The number of nitrogens with one attached hydrogen (secondary N) is 1. The number of anilines is 1. The maximum atomic E-state index is 12.2. The number of benzene rings is 2. The number of hydrogen-bond donors (Lipinski definition) is 2. The van der Waals surface area contributed by atoms with Gasteiger partial charge in [0, 0.05) is 5.56 Å². The molecule has 0 atom stereocenters. The van der Waals surface area contributed by atoms with E-state index in [2.05, 4.69) is 10.5 Å². The SMILES string of the molecule is COc1ccc(N(CC(=O)N/N=C(/C)c2ccccc2O)S(C)(=O)=O)cc1. The predicted molar refractivity (Wildman–Crippen MR) is 104 cm³/mol. The van der Waals surface area contributed by atoms with Crippen LogP contribution in [-0.2, 0) is 14.8 Å². The number of hydrazone groups is 1. The summed E-state index contributed by atoms with van der Waals surface area (Å²) in [4.78, 5) is 12.2. The van der Waals surface area contributed by atoms with Gasteiger partial charge in [0.1, 0.15) is 18.0 Å². The molecule has 2 aromatic rings. The number of amides is 1. The molecule has 0 radical (unpaired) electrons. The number of carbonyl (C=O) groups excluding carboxylic acids is 1. The summed E-state index contributed by atoms with van der Waals surface area (Å²) in [6, 6.07) is 12.9. The van der Waals surface area contributed by atoms with Gasteiger partial charge in [0.15, 0.2) is 0 Å². The average molecular weight is 391 g/mol. The Bertz CT molecular complexity index is 940. The Kier molecular flexibility index (Phi) is 6.40. The molecule has 0 aliphatic heterocycles. The summed E-state index contributed by atoms with van der Waals surface area (Å²) in [5.41, 5.74) is 3.49. The first kappa shape index (κ1) is 20.2. The number of aromatic hydroxyl groups is 1. The zero-order valence-corrected chi connectivity index (χ0v) is 16.0. The van der Waals surface area contributed by atoms with Gasteiger partial charge >= 0.3 is 0 Å². The summed E-state index contributed by atoms with van der Waals surface area (Å²) in [6.07, 6.45) is 1.01. The number of ether oxygens (including phenoxy) is 1. The van der Waals surface area contributed by atoms with E-state index < -0.39 is 22.5 Å². The summed E-state index contributed by atoms with van der Waals surface area (Å²) < 4.78 is 30.2. The second kappa shape index (κ2) is 8.54. The molecule has 9 heteroatoms. The van der Waals surface area contributed by atoms with E-state index in [1.807, 2.05) is 0 Å². The first-order chi connectivity index (χ1) is 12.7. The molecule has 0 saturated heterocycles. The van der Waals surface area contributed by atoms with Crippen LogP contribution >= 0.6 is 0 Å². The third-order valence-corrected chi connectivity index (χ3v) is 4.83. The van der Waals surface area contributed by atoms with Crippen molar-refractivity contribution in [3.8, 4) is 11.5 Å². The number of rotatable bonds is 7. The number of methoxy groups -OCH3 is 1. The van der Waals surface area contributed by atoms with Crippen LogP contribution in [0.15, 0.2) is 53.6 Å². The van der Waals surface area contributed by atoms with Crippen LogP contribution < -0.4 is 14.5 Å². The molecule has 2 aromatic carbocycles. The highest BCUT2D eigenvalue weighted by atomic mass is 32.2. The molecule has 0 fully saturated rings. The summed E-state index contributed by atoms with van der Waals surface area (Å²) in [5, 5.41) is 13.7. The highest BCUT2D eigenvalue weighted by molar-refractivity contribution is 7.92. The fourth-order valence-corrected chi connectivity index (χ4v) is 3.16. The van der Waals surface area contributed by atoms with Gasteiger partial charge in [0.25, 0.3) is 5.91 Å². The smallest absolute Gasteiger partial charge is 0.260 e. The lowest BCUT2D eigenvalue weighted by Gasteiger charge is -2.21. The van der Waals surface area contributed by atoms with Crippen molar-refractivity contribution in [2.75, 3.05) is 24.2 Å². The van der Waals surface area contributed by atoms with Crippen LogP contribution in [0.2, 0.25) is 0 Å². The average Bonchev–Trinajstić information content (AvgIpc) is 2.64. The van der Waals surface area contributed by atoms with E-state index in [1.54, 1.807) is 49.4 Å². The maximum Gasteiger partial charge on any atom is 0.260 e. The van der Waals surface area contributed by atoms with Crippen molar-refractivity contribution < 1.29 is 23.1 Å². The molecule has 0 heterocycles. The summed E-state index contributed by atoms with van der Waals surface area (Å²) in [7, 11) is -2.19. The zero-order valence-electron chi connectivity index (χ0n) is 15.2. The molecule has 0 aromatic heterocycles. The summed E-state index contributed by atoms with van der Waals surface area (Å²) >= 11 is 0. The highest BCUT2D eigenvalue weighted by Crippen LogP contribution is 2.21. The number of carbonyl (C=O) groups is 1. The van der Waals surface area contributed by atoms with E-state index in [-0.39, 0.29) is 5.75 Å². The first-order valence-electron chi connectivity index (χ1n) is 7.95. The van der Waals surface area contributed by atoms with Gasteiger partial charge in [-0.1, -0.05) is 12.1 Å². The van der Waals surface area contributed by atoms with E-state index in [0.717, 1.165) is 10.6 Å². The molecule has 27 heavy (non-hydrogen) atoms. The van der Waals surface area contributed by atoms with Gasteiger partial charge < -0.3 is 9.84 Å². The largest absolute Gasteiger partial charge is 0.507 e. The molecule has 8 nitrogen and oxygen atoms in total. The Labute approximate surface area is 158 Å². The third kappa shape index (κ3) is 5.45. The molecular weight excluding hydrogens is 370 g/mol. The third-order valence-electron chi connectivity index (χ3n) is 3.69. The summed E-state index contributed by atoms with van der Waals surface area (Å²) in [6.45, 7) is 1.18. The van der Waals surface area contributed by atoms with Crippen LogP contribution in [0.1, 0.15) is 12.5 Å². The van der Waals surface area contributed by atoms with Crippen molar-refractivity contribution in [1.29, 1.82) is 0 Å². The number of sulfonamides is 1. The molecule has 144 valence electrons. The Morgan fingerprint density at radius 1 is 1.19 bits per heavy atom. The number of nitrogens with zero attached hydrogens (tertiary/aromatic N) is 2. The maximum absolute atomic E-state index is 12.2. The van der Waals surface area contributed by atoms with Crippen molar-refractivity contribution in [3.05, 3.63) is 54.1 Å². The Morgan fingerprint density at radius 3 is 2.37 bits per heavy atom. The number of phenols is 1. The topological polar surface area (TPSA) is 108 Å². The lowest BCUT2D eigenvalue weighted by atomic mass is 10.1. The Balaban J connectivity index is 2.14. The molecule has 0 bridgehead atoms. The molecule has 0 spiro atoms. The number of phenolic OH excluding ortho intramolecular Hbond substituents is 1. The molecule has 0 saturated carbocycles. The van der Waals surface area contributed by atoms with Gasteiger partial charge in [0.05, 0.1) is 24.8 Å². The molecular formula is C18H21N3O5S. The minimum absolute atomic E-state index is 0.0315. The van der Waals surface area contributed by atoms with Crippen molar-refractivity contribution in [2.45, 2.75) is 6.92 Å². The van der Waals surface area contributed by atoms with Gasteiger partial charge in [-0.25, -0.2) is 13.8 Å². The molecule has 0 aliphatic rings. The fourth-order valence-electron chi connectivity index (χ4n) is 2.30. The van der Waals surface area contributed by atoms with Gasteiger partial charge in [-0.3, -0.25) is 9.10 Å². The van der Waals surface area contributed by atoms with Gasteiger partial charge in [-0.05, 0) is 43.3 Å². The predicted octanol–water partition coefficient (Wildman–Crippen LogP) is 1.71. The van der Waals surface area contributed by atoms with Crippen LogP contribution in [0.25, 0.3) is 0 Å². The minimum Gasteiger partial charge on any atom is -0.507 e. The minimum atomic E-state index is -3.69. The molecule has 2 rings (SSSR count). The lowest BCUT2D eigenvalue weighted by Crippen LogP contribution is -2.39. The molecule has 2 N–H and O–H groups in total. The first-order valence-corrected chi connectivity index (χ1v) is 9.80. The molecule has 0 aliphatic carbocycles. The summed E-state index contributed by atoms with van der Waals surface area (Å²) in [5.74, 6) is -0.0189. The highest BCUT2D eigenvalue weighted by Gasteiger charge is 2.21. The number of hydrogen-bond acceptors (Lipinski definition) is 6. The van der Waals surface area contributed by atoms with Crippen LogP contribution in [0, 0.1) is 0 Å². The van der Waals surface area contributed by atoms with E-state index in [9.17, 15) is 18.3 Å². The fraction of sp³-hybridized carbons (Fsp3) is 0.222. The monoisotopic (exact) mass is 391 g/mol. The standard InChI is InChI=1S/C18H21N3O5S/c1-13(16-6-4-5-7-17(16)22)19-20-18(23)12-21(27(3,24)25)14-8-10-15(26-2)11-9-14/h4-11,22H,12H2,1-3H3,(H,20,23)/b19-13-. The van der Waals surface area contributed by atoms with Crippen molar-refractivity contribution in [2.24, 2.45) is 5.10 Å². The van der Waals surface area contributed by atoms with Gasteiger partial charge in [0.2, 0.25) is 10.0 Å². The zero-order chi connectivity index (χ0) is 20.0. The Hall–Kier alpha value is -3.07. The van der Waals surface area contributed by atoms with Crippen molar-refractivity contribution >= 4 is 27.3 Å². The van der Waals surface area contributed by atoms with Crippen LogP contribution in [-0.4, -0.2) is 45.1 Å².